The maximum atomic E-state index is 5.36. The third-order valence-corrected chi connectivity index (χ3v) is 4.94. The highest BCUT2D eigenvalue weighted by atomic mass is 127. The predicted molar refractivity (Wildman–Crippen MR) is 117 cm³/mol. The first-order valence-electron chi connectivity index (χ1n) is 8.17. The van der Waals surface area contributed by atoms with Gasteiger partial charge in [0.15, 0.2) is 5.96 Å². The van der Waals surface area contributed by atoms with E-state index < -0.39 is 0 Å². The van der Waals surface area contributed by atoms with E-state index in [1.54, 1.807) is 25.5 Å². The van der Waals surface area contributed by atoms with Gasteiger partial charge in [-0.25, -0.2) is 4.98 Å². The number of guanidine groups is 1. The number of ether oxygens (including phenoxy) is 1. The Kier molecular flexibility index (Phi) is 9.81. The Morgan fingerprint density at radius 1 is 1.32 bits per heavy atom. The fraction of sp³-hybridized carbons (Fsp3) is 0.444. The Hall–Kier alpha value is -1.35. The van der Waals surface area contributed by atoms with E-state index >= 15 is 0 Å². The largest absolute Gasteiger partial charge is 0.496 e. The molecule has 138 valence electrons. The lowest BCUT2D eigenvalue weighted by atomic mass is 10.1. The van der Waals surface area contributed by atoms with Crippen LogP contribution in [0.25, 0.3) is 0 Å². The number of nitrogens with zero attached hydrogens (tertiary/aromatic N) is 2. The molecule has 5 nitrogen and oxygen atoms in total. The van der Waals surface area contributed by atoms with Gasteiger partial charge in [-0.15, -0.1) is 35.3 Å². The van der Waals surface area contributed by atoms with Gasteiger partial charge in [-0.1, -0.05) is 19.1 Å². The molecule has 0 aliphatic rings. The first-order valence-corrected chi connectivity index (χ1v) is 8.99. The van der Waals surface area contributed by atoms with Gasteiger partial charge < -0.3 is 15.4 Å². The molecule has 25 heavy (non-hydrogen) atoms. The first-order chi connectivity index (χ1) is 11.7. The van der Waals surface area contributed by atoms with Gasteiger partial charge in [-0.05, 0) is 30.5 Å². The zero-order valence-electron chi connectivity index (χ0n) is 15.3. The third kappa shape index (κ3) is 6.81. The molecule has 0 saturated carbocycles. The molecule has 1 aromatic heterocycles. The van der Waals surface area contributed by atoms with Crippen LogP contribution in [0.2, 0.25) is 0 Å². The molecule has 2 N–H and O–H groups in total. The van der Waals surface area contributed by atoms with Crippen LogP contribution in [0.1, 0.15) is 27.9 Å². The standard InChI is InChI=1S/C18H26N4OS.HI/c1-5-15-12-21-17(24-15)8-9-20-18(19-3)22-11-14-7-6-13(2)16(10-14)23-4;/h6-7,10,12H,5,8-9,11H2,1-4H3,(H2,19,20,22);1H. The van der Waals surface area contributed by atoms with Crippen LogP contribution in [0.5, 0.6) is 5.75 Å². The summed E-state index contributed by atoms with van der Waals surface area (Å²) in [6.07, 6.45) is 3.93. The van der Waals surface area contributed by atoms with Gasteiger partial charge in [0.2, 0.25) is 0 Å². The van der Waals surface area contributed by atoms with Gasteiger partial charge in [0, 0.05) is 37.6 Å². The van der Waals surface area contributed by atoms with E-state index in [4.69, 9.17) is 4.74 Å². The highest BCUT2D eigenvalue weighted by Gasteiger charge is 2.04. The van der Waals surface area contributed by atoms with Gasteiger partial charge in [-0.3, -0.25) is 4.99 Å². The van der Waals surface area contributed by atoms with E-state index in [1.807, 2.05) is 13.1 Å². The topological polar surface area (TPSA) is 58.5 Å². The maximum absolute atomic E-state index is 5.36. The molecule has 0 amide bonds. The number of hydrogen-bond acceptors (Lipinski definition) is 4. The minimum atomic E-state index is 0. The number of halogens is 1. The van der Waals surface area contributed by atoms with Crippen molar-refractivity contribution in [3.63, 3.8) is 0 Å². The Morgan fingerprint density at radius 3 is 2.76 bits per heavy atom. The average Bonchev–Trinajstić information content (AvgIpc) is 3.07. The summed E-state index contributed by atoms with van der Waals surface area (Å²) in [7, 11) is 3.48. The monoisotopic (exact) mass is 474 g/mol. The fourth-order valence-electron chi connectivity index (χ4n) is 2.30. The number of hydrogen-bond donors (Lipinski definition) is 2. The zero-order chi connectivity index (χ0) is 17.4. The van der Waals surface area contributed by atoms with Crippen LogP contribution in [0, 0.1) is 6.92 Å². The quantitative estimate of drug-likeness (QED) is 0.366. The van der Waals surface area contributed by atoms with Gasteiger partial charge in [0.1, 0.15) is 5.75 Å². The summed E-state index contributed by atoms with van der Waals surface area (Å²) >= 11 is 1.78. The van der Waals surface area contributed by atoms with Gasteiger partial charge in [0.05, 0.1) is 12.1 Å². The number of aromatic nitrogens is 1. The molecule has 0 atom stereocenters. The Labute approximate surface area is 171 Å². The summed E-state index contributed by atoms with van der Waals surface area (Å²) in [5, 5.41) is 7.82. The van der Waals surface area contributed by atoms with Crippen LogP contribution in [0.15, 0.2) is 29.4 Å². The van der Waals surface area contributed by atoms with Crippen LogP contribution in [0.3, 0.4) is 0 Å². The van der Waals surface area contributed by atoms with Crippen LogP contribution in [-0.2, 0) is 19.4 Å². The zero-order valence-corrected chi connectivity index (χ0v) is 18.4. The van der Waals surface area contributed by atoms with E-state index in [-0.39, 0.29) is 24.0 Å². The molecule has 0 aliphatic heterocycles. The Morgan fingerprint density at radius 2 is 2.12 bits per heavy atom. The number of methoxy groups -OCH3 is 1. The molecular weight excluding hydrogens is 447 g/mol. The molecule has 7 heteroatoms. The van der Waals surface area contributed by atoms with Crippen molar-refractivity contribution in [1.82, 2.24) is 15.6 Å². The van der Waals surface area contributed by atoms with Crippen molar-refractivity contribution in [2.75, 3.05) is 20.7 Å². The Balaban J connectivity index is 0.00000312. The van der Waals surface area contributed by atoms with Crippen LogP contribution in [-0.4, -0.2) is 31.6 Å². The second-order valence-electron chi connectivity index (χ2n) is 5.48. The molecular formula is C18H27IN4OS. The third-order valence-electron chi connectivity index (χ3n) is 3.74. The molecule has 0 spiro atoms. The SMILES string of the molecule is CCc1cnc(CCNC(=NC)NCc2ccc(C)c(OC)c2)s1.I. The molecule has 0 radical (unpaired) electrons. The summed E-state index contributed by atoms with van der Waals surface area (Å²) in [6, 6.07) is 6.22. The molecule has 0 unspecified atom stereocenters. The van der Waals surface area contributed by atoms with Crippen molar-refractivity contribution in [2.24, 2.45) is 4.99 Å². The summed E-state index contributed by atoms with van der Waals surface area (Å²) in [5.74, 6) is 1.70. The van der Waals surface area contributed by atoms with Gasteiger partial charge >= 0.3 is 0 Å². The van der Waals surface area contributed by atoms with Crippen molar-refractivity contribution in [3.8, 4) is 5.75 Å². The number of rotatable bonds is 7. The number of aryl methyl sites for hydroxylation is 2. The average molecular weight is 474 g/mol. The van der Waals surface area contributed by atoms with Crippen LogP contribution in [0.4, 0.5) is 0 Å². The van der Waals surface area contributed by atoms with Crippen molar-refractivity contribution in [2.45, 2.75) is 33.2 Å². The number of thiazole rings is 1. The molecule has 1 aromatic carbocycles. The van der Waals surface area contributed by atoms with Crippen molar-refractivity contribution in [1.29, 1.82) is 0 Å². The summed E-state index contributed by atoms with van der Waals surface area (Å²) in [5.41, 5.74) is 2.30. The summed E-state index contributed by atoms with van der Waals surface area (Å²) < 4.78 is 5.36. The molecule has 2 rings (SSSR count). The highest BCUT2D eigenvalue weighted by molar-refractivity contribution is 14.0. The lowest BCUT2D eigenvalue weighted by Gasteiger charge is -2.12. The number of benzene rings is 1. The van der Waals surface area contributed by atoms with E-state index in [0.29, 0.717) is 6.54 Å². The van der Waals surface area contributed by atoms with Crippen molar-refractivity contribution in [3.05, 3.63) is 45.4 Å². The molecule has 0 aliphatic carbocycles. The van der Waals surface area contributed by atoms with Gasteiger partial charge in [-0.2, -0.15) is 0 Å². The van der Waals surface area contributed by atoms with E-state index in [9.17, 15) is 0 Å². The normalized spacial score (nSPS) is 11.0. The molecule has 2 aromatic rings. The summed E-state index contributed by atoms with van der Waals surface area (Å²) in [6.45, 7) is 5.71. The van der Waals surface area contributed by atoms with E-state index in [0.717, 1.165) is 47.2 Å². The molecule has 0 fully saturated rings. The lowest BCUT2D eigenvalue weighted by Crippen LogP contribution is -2.37. The summed E-state index contributed by atoms with van der Waals surface area (Å²) in [4.78, 5) is 10.0. The van der Waals surface area contributed by atoms with Gasteiger partial charge in [0.25, 0.3) is 0 Å². The lowest BCUT2D eigenvalue weighted by molar-refractivity contribution is 0.411. The molecule has 1 heterocycles. The minimum Gasteiger partial charge on any atom is -0.496 e. The van der Waals surface area contributed by atoms with E-state index in [1.165, 1.54) is 4.88 Å². The second-order valence-corrected chi connectivity index (χ2v) is 6.68. The fourth-order valence-corrected chi connectivity index (χ4v) is 3.16. The van der Waals surface area contributed by atoms with Crippen molar-refractivity contribution < 1.29 is 4.74 Å². The second kappa shape index (κ2) is 11.3. The number of nitrogens with one attached hydrogen (secondary N) is 2. The van der Waals surface area contributed by atoms with Crippen LogP contribution >= 0.6 is 35.3 Å². The maximum Gasteiger partial charge on any atom is 0.191 e. The van der Waals surface area contributed by atoms with Crippen LogP contribution < -0.4 is 15.4 Å². The Bertz CT molecular complexity index is 687. The first kappa shape index (κ1) is 21.7. The highest BCUT2D eigenvalue weighted by Crippen LogP contribution is 2.18. The van der Waals surface area contributed by atoms with E-state index in [2.05, 4.69) is 45.7 Å². The molecule has 0 saturated heterocycles. The smallest absolute Gasteiger partial charge is 0.191 e. The predicted octanol–water partition coefficient (Wildman–Crippen LogP) is 3.55. The minimum absolute atomic E-state index is 0. The number of aliphatic imine (C=N–C) groups is 1. The van der Waals surface area contributed by atoms with Crippen molar-refractivity contribution >= 4 is 41.3 Å². The molecule has 0 bridgehead atoms.